The molecule has 0 saturated heterocycles. The molecule has 0 unspecified atom stereocenters. The van der Waals surface area contributed by atoms with Crippen LogP contribution in [0.4, 0.5) is 0 Å². The molecule has 3 N–H and O–H groups in total. The molecule has 0 spiro atoms. The van der Waals surface area contributed by atoms with E-state index < -0.39 is 37.3 Å². The first-order chi connectivity index (χ1) is 7.20. The second-order valence-corrected chi connectivity index (χ2v) is 5.93. The van der Waals surface area contributed by atoms with Crippen LogP contribution < -0.4 is 0 Å². The molecule has 5 nitrogen and oxygen atoms in total. The molecule has 0 radical (unpaired) electrons. The van der Waals surface area contributed by atoms with Gasteiger partial charge in [-0.25, -0.2) is 0 Å². The molecule has 12 heteroatoms. The van der Waals surface area contributed by atoms with Crippen molar-refractivity contribution < 1.29 is 18.6 Å². The molecule has 1 aliphatic rings. The minimum absolute atomic E-state index is 0. The Morgan fingerprint density at radius 3 is 0.944 bits per heavy atom. The first kappa shape index (κ1) is 24.7. The summed E-state index contributed by atoms with van der Waals surface area (Å²) in [6.07, 6.45) is 0. The fraction of sp³-hybridized carbons (Fsp3) is 1.00. The van der Waals surface area contributed by atoms with Crippen LogP contribution in [-0.2, 0) is 0 Å². The van der Waals surface area contributed by atoms with Crippen molar-refractivity contribution >= 4 is 92.7 Å². The molecular weight excluding hydrogens is 387 g/mol. The van der Waals surface area contributed by atoms with Crippen LogP contribution in [0, 0.1) is 10.1 Å². The topological polar surface area (TPSA) is 94.9 Å². The summed E-state index contributed by atoms with van der Waals surface area (Å²) < 4.78 is 0. The summed E-state index contributed by atoms with van der Waals surface area (Å²) in [7, 11) is 0. The molecule has 108 valence electrons. The molecule has 0 aromatic heterocycles. The van der Waals surface area contributed by atoms with Gasteiger partial charge in [-0.2, -0.15) is 0 Å². The van der Waals surface area contributed by atoms with Gasteiger partial charge >= 0.3 is 23.1 Å². The van der Waals surface area contributed by atoms with Crippen LogP contribution in [0.5, 0.6) is 0 Å². The predicted molar refractivity (Wildman–Crippen MR) is 78.2 cm³/mol. The van der Waals surface area contributed by atoms with E-state index in [2.05, 4.69) is 0 Å². The maximum atomic E-state index is 8.36. The van der Waals surface area contributed by atoms with Crippen molar-refractivity contribution in [3.8, 4) is 0 Å². The van der Waals surface area contributed by atoms with Crippen molar-refractivity contribution in [3.05, 3.63) is 10.1 Å². The van der Waals surface area contributed by atoms with Crippen LogP contribution in [0.2, 0.25) is 0 Å². The summed E-state index contributed by atoms with van der Waals surface area (Å²) in [4.78, 5) is 8.36. The largest absolute Gasteiger partial charge is 2.00 e. The number of halogens is 6. The third-order valence-corrected chi connectivity index (χ3v) is 5.86. The van der Waals surface area contributed by atoms with Crippen LogP contribution in [0.15, 0.2) is 0 Å². The van der Waals surface area contributed by atoms with Crippen molar-refractivity contribution in [2.24, 2.45) is 0 Å². The number of nitrogens with zero attached hydrogens (tertiary/aromatic N) is 1. The van der Waals surface area contributed by atoms with E-state index in [0.717, 1.165) is 0 Å². The van der Waals surface area contributed by atoms with Gasteiger partial charge in [-0.1, -0.05) is 0 Å². The van der Waals surface area contributed by atoms with Gasteiger partial charge in [-0.3, -0.25) is 0 Å². The fourth-order valence-corrected chi connectivity index (χ4v) is 3.38. The summed E-state index contributed by atoms with van der Waals surface area (Å²) in [6, 6.07) is 0. The van der Waals surface area contributed by atoms with E-state index in [1.54, 1.807) is 0 Å². The van der Waals surface area contributed by atoms with Crippen LogP contribution in [0.25, 0.3) is 0 Å². The first-order valence-corrected chi connectivity index (χ1v) is 6.49. The Kier molecular flexibility index (Phi) is 15.5. The first-order valence-electron chi connectivity index (χ1n) is 3.87. The fourth-order valence-electron chi connectivity index (χ4n) is 1.05. The normalized spacial score (nSPS) is 38.3. The third-order valence-electron chi connectivity index (χ3n) is 1.83. The maximum Gasteiger partial charge on any atom is 2.00 e. The summed E-state index contributed by atoms with van der Waals surface area (Å²) in [5.41, 5.74) is 0. The molecular formula is C6H11Cl6MgNO4. The Morgan fingerprint density at radius 2 is 0.889 bits per heavy atom. The van der Waals surface area contributed by atoms with Gasteiger partial charge in [-0.15, -0.1) is 79.7 Å². The monoisotopic (exact) mass is 395 g/mol. The van der Waals surface area contributed by atoms with Gasteiger partial charge < -0.3 is 13.5 Å². The zero-order chi connectivity index (χ0) is 13.0. The number of hydrogen-bond acceptors (Lipinski definition) is 2. The van der Waals surface area contributed by atoms with Gasteiger partial charge in [0.1, 0.15) is 0 Å². The zero-order valence-electron chi connectivity index (χ0n) is 10.6. The van der Waals surface area contributed by atoms with Gasteiger partial charge in [0, 0.05) is 0 Å². The molecule has 1 saturated carbocycles. The SMILES string of the molecule is ClC1C(Cl)C(Cl)C(Cl)C(Cl)C1Cl.O.O=[N+]([O-])O.[H-].[H-].[Mg+2]. The number of hydrogen-bond donors (Lipinski definition) is 1. The minimum atomic E-state index is -1.50. The van der Waals surface area contributed by atoms with E-state index in [4.69, 9.17) is 84.9 Å². The van der Waals surface area contributed by atoms with Gasteiger partial charge in [0.2, 0.25) is 0 Å². The molecule has 0 bridgehead atoms. The molecule has 0 amide bonds. The summed E-state index contributed by atoms with van der Waals surface area (Å²) in [5, 5.41) is 11.0. The van der Waals surface area contributed by atoms with E-state index in [1.807, 2.05) is 0 Å². The van der Waals surface area contributed by atoms with Crippen molar-refractivity contribution in [2.45, 2.75) is 32.3 Å². The third kappa shape index (κ3) is 7.45. The van der Waals surface area contributed by atoms with Crippen LogP contribution in [-0.4, -0.2) is 71.1 Å². The molecule has 1 aliphatic carbocycles. The zero-order valence-corrected chi connectivity index (χ0v) is 14.6. The summed E-state index contributed by atoms with van der Waals surface area (Å²) in [5.74, 6) is 0. The quantitative estimate of drug-likeness (QED) is 0.294. The van der Waals surface area contributed by atoms with Crippen LogP contribution in [0.1, 0.15) is 2.85 Å². The van der Waals surface area contributed by atoms with E-state index in [1.165, 1.54) is 0 Å². The Bertz CT molecular complexity index is 199. The predicted octanol–water partition coefficient (Wildman–Crippen LogP) is 2.32. The summed E-state index contributed by atoms with van der Waals surface area (Å²) in [6.45, 7) is 0. The van der Waals surface area contributed by atoms with Crippen LogP contribution >= 0.6 is 69.6 Å². The Hall–Kier alpha value is 1.67. The second-order valence-electron chi connectivity index (χ2n) is 2.90. The van der Waals surface area contributed by atoms with Crippen molar-refractivity contribution in [2.75, 3.05) is 0 Å². The second kappa shape index (κ2) is 11.3. The number of rotatable bonds is 0. The van der Waals surface area contributed by atoms with E-state index in [9.17, 15) is 0 Å². The smallest absolute Gasteiger partial charge is 1.00 e. The van der Waals surface area contributed by atoms with E-state index in [-0.39, 0.29) is 31.4 Å². The number of alkyl halides is 6. The Balaban J connectivity index is -0.0000000844. The van der Waals surface area contributed by atoms with Crippen molar-refractivity contribution in [1.29, 1.82) is 0 Å². The van der Waals surface area contributed by atoms with Crippen molar-refractivity contribution in [3.63, 3.8) is 0 Å². The van der Waals surface area contributed by atoms with Crippen LogP contribution in [0.3, 0.4) is 0 Å². The van der Waals surface area contributed by atoms with Crippen molar-refractivity contribution in [1.82, 2.24) is 0 Å². The molecule has 0 atom stereocenters. The molecule has 0 aromatic rings. The van der Waals surface area contributed by atoms with Gasteiger partial charge in [0.05, 0.1) is 32.3 Å². The van der Waals surface area contributed by atoms with Gasteiger partial charge in [-0.05, 0) is 0 Å². The molecule has 1 rings (SSSR count). The molecule has 1 fully saturated rings. The molecule has 18 heavy (non-hydrogen) atoms. The maximum absolute atomic E-state index is 8.36. The average Bonchev–Trinajstić information content (AvgIpc) is 2.20. The average molecular weight is 398 g/mol. The molecule has 0 aliphatic heterocycles. The Morgan fingerprint density at radius 1 is 0.833 bits per heavy atom. The van der Waals surface area contributed by atoms with Gasteiger partial charge in [0.15, 0.2) is 0 Å². The Labute approximate surface area is 153 Å². The van der Waals surface area contributed by atoms with E-state index in [0.29, 0.717) is 0 Å². The van der Waals surface area contributed by atoms with E-state index >= 15 is 0 Å². The molecule has 0 aromatic carbocycles. The summed E-state index contributed by atoms with van der Waals surface area (Å²) >= 11 is 35.3. The minimum Gasteiger partial charge on any atom is -1.00 e. The molecule has 0 heterocycles. The standard InChI is InChI=1S/C6H6Cl6.Mg.HNO3.H2O.2H/c7-1-2(8)4(10)6(12)5(11)3(1)9;;2-1(3)4;;;/h1-6H;;(H,2,3,4);1H2;;/q;+2;;;2*-1. The van der Waals surface area contributed by atoms with Gasteiger partial charge in [0.25, 0.3) is 5.09 Å².